The van der Waals surface area contributed by atoms with E-state index in [0.717, 1.165) is 27.9 Å². The predicted molar refractivity (Wildman–Crippen MR) is 118 cm³/mol. The number of hydrogen-bond donors (Lipinski definition) is 2. The summed E-state index contributed by atoms with van der Waals surface area (Å²) in [5.74, 6) is -1.60. The molecular weight excluding hydrogens is 427 g/mol. The number of hydrogen-bond acceptors (Lipinski definition) is 5. The SMILES string of the molecule is CC1(C)c2c(n(Cc3ccc(F)cc3)c3ncccc23)CN2C(O)N(CCC(=O)O)C(=O)C21. The summed E-state index contributed by atoms with van der Waals surface area (Å²) < 4.78 is 15.5. The van der Waals surface area contributed by atoms with Gasteiger partial charge in [0.1, 0.15) is 17.5 Å². The van der Waals surface area contributed by atoms with Gasteiger partial charge < -0.3 is 19.7 Å². The van der Waals surface area contributed by atoms with Crippen molar-refractivity contribution in [2.75, 3.05) is 6.54 Å². The quantitative estimate of drug-likeness (QED) is 0.616. The molecule has 0 radical (unpaired) electrons. The minimum atomic E-state index is -1.21. The number of aromatic nitrogens is 2. The molecule has 1 amide bonds. The largest absolute Gasteiger partial charge is 0.481 e. The van der Waals surface area contributed by atoms with Crippen LogP contribution in [0.1, 0.15) is 37.1 Å². The highest BCUT2D eigenvalue weighted by atomic mass is 19.1. The maximum atomic E-state index is 13.4. The number of carbonyl (C=O) groups excluding carboxylic acids is 1. The maximum absolute atomic E-state index is 13.4. The van der Waals surface area contributed by atoms with E-state index in [-0.39, 0.29) is 24.7 Å². The lowest BCUT2D eigenvalue weighted by atomic mass is 9.73. The number of benzene rings is 1. The van der Waals surface area contributed by atoms with E-state index in [1.54, 1.807) is 23.2 Å². The highest BCUT2D eigenvalue weighted by Gasteiger charge is 2.56. The first-order valence-electron chi connectivity index (χ1n) is 10.9. The fourth-order valence-electron chi connectivity index (χ4n) is 5.42. The third-order valence-electron chi connectivity index (χ3n) is 6.83. The zero-order valence-electron chi connectivity index (χ0n) is 18.4. The number of fused-ring (bicyclic) bond motifs is 4. The van der Waals surface area contributed by atoms with Crippen LogP contribution in [0.5, 0.6) is 0 Å². The Labute approximate surface area is 189 Å². The van der Waals surface area contributed by atoms with Gasteiger partial charge >= 0.3 is 5.97 Å². The van der Waals surface area contributed by atoms with Crippen LogP contribution in [0.15, 0.2) is 42.6 Å². The summed E-state index contributed by atoms with van der Waals surface area (Å²) in [6.07, 6.45) is 0.274. The van der Waals surface area contributed by atoms with Crippen LogP contribution >= 0.6 is 0 Å². The van der Waals surface area contributed by atoms with Crippen LogP contribution in [0.2, 0.25) is 0 Å². The van der Waals surface area contributed by atoms with Crippen molar-refractivity contribution in [3.8, 4) is 0 Å². The van der Waals surface area contributed by atoms with Gasteiger partial charge in [0.05, 0.1) is 6.42 Å². The van der Waals surface area contributed by atoms with Gasteiger partial charge in [-0.2, -0.15) is 0 Å². The Morgan fingerprint density at radius 3 is 2.67 bits per heavy atom. The molecule has 0 aliphatic carbocycles. The van der Waals surface area contributed by atoms with Crippen molar-refractivity contribution in [3.05, 3.63) is 65.2 Å². The smallest absolute Gasteiger partial charge is 0.305 e. The van der Waals surface area contributed by atoms with Crippen molar-refractivity contribution in [2.24, 2.45) is 0 Å². The standard InChI is InChI=1S/C24H25FN4O4/c1-24(2)19-16-4-3-10-26-21(16)28(12-14-5-7-15(25)8-6-14)17(19)13-29-20(24)22(32)27(23(29)33)11-9-18(30)31/h3-8,10,20,23,33H,9,11-13H2,1-2H3,(H,30,31). The number of nitrogens with zero attached hydrogens (tertiary/aromatic N) is 4. The van der Waals surface area contributed by atoms with Crippen LogP contribution in [-0.2, 0) is 28.1 Å². The molecule has 1 aromatic carbocycles. The number of aliphatic hydroxyl groups excluding tert-OH is 1. The number of rotatable bonds is 5. The van der Waals surface area contributed by atoms with Gasteiger partial charge in [-0.15, -0.1) is 0 Å². The number of aliphatic carboxylic acids is 1. The first kappa shape index (κ1) is 21.5. The first-order chi connectivity index (χ1) is 15.7. The van der Waals surface area contributed by atoms with Crippen LogP contribution in [0.3, 0.4) is 0 Å². The molecule has 2 N–H and O–H groups in total. The van der Waals surface area contributed by atoms with Gasteiger partial charge in [-0.25, -0.2) is 14.3 Å². The highest BCUT2D eigenvalue weighted by Crippen LogP contribution is 2.47. The number of pyridine rings is 1. The second-order valence-corrected chi connectivity index (χ2v) is 9.23. The van der Waals surface area contributed by atoms with E-state index in [2.05, 4.69) is 9.55 Å². The monoisotopic (exact) mass is 452 g/mol. The Morgan fingerprint density at radius 1 is 1.24 bits per heavy atom. The Hall–Kier alpha value is -3.30. The van der Waals surface area contributed by atoms with Gasteiger partial charge in [-0.05, 0) is 35.4 Å². The zero-order chi connectivity index (χ0) is 23.5. The van der Waals surface area contributed by atoms with E-state index in [1.165, 1.54) is 17.0 Å². The van der Waals surface area contributed by atoms with Gasteiger partial charge in [0.15, 0.2) is 6.35 Å². The molecule has 0 saturated carbocycles. The van der Waals surface area contributed by atoms with Crippen molar-refractivity contribution < 1.29 is 24.2 Å². The summed E-state index contributed by atoms with van der Waals surface area (Å²) in [5.41, 5.74) is 2.93. The minimum absolute atomic E-state index is 0.0550. The molecule has 33 heavy (non-hydrogen) atoms. The Morgan fingerprint density at radius 2 is 1.97 bits per heavy atom. The summed E-state index contributed by atoms with van der Waals surface area (Å²) >= 11 is 0. The number of carboxylic acid groups (broad SMARTS) is 1. The van der Waals surface area contributed by atoms with Gasteiger partial charge in [0, 0.05) is 42.3 Å². The second-order valence-electron chi connectivity index (χ2n) is 9.23. The number of amides is 1. The normalized spacial score (nSPS) is 21.9. The van der Waals surface area contributed by atoms with E-state index < -0.39 is 23.8 Å². The summed E-state index contributed by atoms with van der Waals surface area (Å²) in [6, 6.07) is 9.52. The summed E-state index contributed by atoms with van der Waals surface area (Å²) in [4.78, 5) is 32.0. The number of aliphatic hydroxyl groups is 1. The van der Waals surface area contributed by atoms with Crippen molar-refractivity contribution in [2.45, 2.75) is 51.2 Å². The minimum Gasteiger partial charge on any atom is -0.481 e. The summed E-state index contributed by atoms with van der Waals surface area (Å²) in [5, 5.41) is 21.0. The van der Waals surface area contributed by atoms with Crippen molar-refractivity contribution in [1.82, 2.24) is 19.4 Å². The first-order valence-corrected chi connectivity index (χ1v) is 10.9. The van der Waals surface area contributed by atoms with E-state index >= 15 is 0 Å². The Kier molecular flexibility index (Phi) is 4.98. The average molecular weight is 452 g/mol. The molecule has 9 heteroatoms. The van der Waals surface area contributed by atoms with Crippen LogP contribution in [0, 0.1) is 5.82 Å². The average Bonchev–Trinajstić information content (AvgIpc) is 3.21. The zero-order valence-corrected chi connectivity index (χ0v) is 18.4. The third-order valence-corrected chi connectivity index (χ3v) is 6.83. The van der Waals surface area contributed by atoms with E-state index in [1.807, 2.05) is 26.0 Å². The highest BCUT2D eigenvalue weighted by molar-refractivity contribution is 5.91. The molecule has 2 aliphatic rings. The van der Waals surface area contributed by atoms with E-state index in [4.69, 9.17) is 5.11 Å². The maximum Gasteiger partial charge on any atom is 0.305 e. The van der Waals surface area contributed by atoms with E-state index in [0.29, 0.717) is 13.1 Å². The molecular formula is C24H25FN4O4. The number of carboxylic acids is 1. The second kappa shape index (κ2) is 7.64. The van der Waals surface area contributed by atoms with E-state index in [9.17, 15) is 19.1 Å². The Balaban J connectivity index is 1.62. The molecule has 172 valence electrons. The molecule has 1 saturated heterocycles. The van der Waals surface area contributed by atoms with Crippen molar-refractivity contribution in [1.29, 1.82) is 0 Å². The molecule has 5 rings (SSSR count). The van der Waals surface area contributed by atoms with Gasteiger partial charge in [0.25, 0.3) is 0 Å². The fourth-order valence-corrected chi connectivity index (χ4v) is 5.42. The topological polar surface area (TPSA) is 98.9 Å². The summed E-state index contributed by atoms with van der Waals surface area (Å²) in [6.45, 7) is 4.66. The number of carbonyl (C=O) groups is 2. The van der Waals surface area contributed by atoms with Crippen LogP contribution < -0.4 is 0 Å². The Bertz CT molecular complexity index is 1250. The molecule has 4 heterocycles. The third kappa shape index (κ3) is 3.30. The molecule has 3 aromatic rings. The van der Waals surface area contributed by atoms with Gasteiger partial charge in [-0.3, -0.25) is 9.59 Å². The molecule has 0 bridgehead atoms. The molecule has 2 atom stereocenters. The van der Waals surface area contributed by atoms with Gasteiger partial charge in [-0.1, -0.05) is 26.0 Å². The van der Waals surface area contributed by atoms with Crippen molar-refractivity contribution >= 4 is 22.9 Å². The summed E-state index contributed by atoms with van der Waals surface area (Å²) in [7, 11) is 0. The molecule has 0 spiro atoms. The van der Waals surface area contributed by atoms with Crippen molar-refractivity contribution in [3.63, 3.8) is 0 Å². The lowest BCUT2D eigenvalue weighted by molar-refractivity contribution is -0.141. The van der Waals surface area contributed by atoms with Crippen LogP contribution in [0.4, 0.5) is 4.39 Å². The fraction of sp³-hybridized carbons (Fsp3) is 0.375. The van der Waals surface area contributed by atoms with Gasteiger partial charge in [0.2, 0.25) is 5.91 Å². The molecule has 8 nitrogen and oxygen atoms in total. The molecule has 2 aliphatic heterocycles. The lowest BCUT2D eigenvalue weighted by Gasteiger charge is -2.41. The predicted octanol–water partition coefficient (Wildman–Crippen LogP) is 2.28. The molecule has 2 unspecified atom stereocenters. The lowest BCUT2D eigenvalue weighted by Crippen LogP contribution is -2.52. The molecule has 2 aromatic heterocycles. The van der Waals surface area contributed by atoms with Crippen LogP contribution in [0.25, 0.3) is 11.0 Å². The number of halogens is 1. The van der Waals surface area contributed by atoms with Crippen LogP contribution in [-0.4, -0.2) is 60.4 Å². The molecule has 1 fully saturated rings.